The van der Waals surface area contributed by atoms with Crippen LogP contribution in [0.5, 0.6) is 0 Å². The van der Waals surface area contributed by atoms with E-state index in [9.17, 15) is 4.79 Å². The van der Waals surface area contributed by atoms with Crippen molar-refractivity contribution >= 4 is 6.47 Å². The van der Waals surface area contributed by atoms with Crippen molar-refractivity contribution in [1.82, 2.24) is 4.90 Å². The van der Waals surface area contributed by atoms with Crippen molar-refractivity contribution in [1.29, 1.82) is 0 Å². The summed E-state index contributed by atoms with van der Waals surface area (Å²) in [4.78, 5) is 12.1. The summed E-state index contributed by atoms with van der Waals surface area (Å²) >= 11 is 0. The van der Waals surface area contributed by atoms with Crippen LogP contribution < -0.4 is 0 Å². The highest BCUT2D eigenvalue weighted by Crippen LogP contribution is 2.11. The molecule has 1 aliphatic heterocycles. The molecule has 0 aromatic rings. The van der Waals surface area contributed by atoms with E-state index in [2.05, 4.69) is 16.7 Å². The second kappa shape index (κ2) is 5.11. The number of rotatable bonds is 4. The van der Waals surface area contributed by atoms with Gasteiger partial charge in [-0.05, 0) is 19.9 Å². The van der Waals surface area contributed by atoms with E-state index >= 15 is 0 Å². The molecule has 1 heterocycles. The number of likely N-dealkylation sites (tertiary alicyclic amines) is 1. The van der Waals surface area contributed by atoms with Gasteiger partial charge in [-0.15, -0.1) is 0 Å². The zero-order valence-electron chi connectivity index (χ0n) is 7.36. The lowest BCUT2D eigenvalue weighted by molar-refractivity contribution is -0.147. The number of hydrogen-bond donors (Lipinski definition) is 0. The van der Waals surface area contributed by atoms with E-state index < -0.39 is 0 Å². The van der Waals surface area contributed by atoms with Crippen LogP contribution in [0.1, 0.15) is 12.8 Å². The molecule has 0 aliphatic carbocycles. The average Bonchev–Trinajstić information content (AvgIpc) is 2.09. The molecule has 1 fully saturated rings. The van der Waals surface area contributed by atoms with Crippen LogP contribution in [0.15, 0.2) is 0 Å². The Morgan fingerprint density at radius 2 is 2.17 bits per heavy atom. The van der Waals surface area contributed by atoms with Crippen molar-refractivity contribution in [3.8, 4) is 0 Å². The molecule has 4 heteroatoms. The summed E-state index contributed by atoms with van der Waals surface area (Å²) in [6, 6.07) is 0. The lowest BCUT2D eigenvalue weighted by Gasteiger charge is -2.28. The highest BCUT2D eigenvalue weighted by atomic mass is 16.7. The van der Waals surface area contributed by atoms with Gasteiger partial charge in [-0.2, -0.15) is 0 Å². The molecule has 0 spiro atoms. The highest BCUT2D eigenvalue weighted by molar-refractivity contribution is 5.36. The first-order valence-electron chi connectivity index (χ1n) is 4.18. The van der Waals surface area contributed by atoms with Gasteiger partial charge >= 0.3 is 0 Å². The van der Waals surface area contributed by atoms with Crippen molar-refractivity contribution < 1.29 is 14.3 Å². The third-order valence-corrected chi connectivity index (χ3v) is 2.11. The fraction of sp³-hybridized carbons (Fsp3) is 0.875. The maximum Gasteiger partial charge on any atom is 0.295 e. The molecule has 0 N–H and O–H groups in total. The Morgan fingerprint density at radius 3 is 2.75 bits per heavy atom. The molecular formula is C8H15NO3. The van der Waals surface area contributed by atoms with E-state index in [-0.39, 0.29) is 12.9 Å². The molecule has 0 amide bonds. The van der Waals surface area contributed by atoms with Gasteiger partial charge in [0.25, 0.3) is 6.47 Å². The maximum atomic E-state index is 9.79. The van der Waals surface area contributed by atoms with Crippen LogP contribution in [0.2, 0.25) is 0 Å². The van der Waals surface area contributed by atoms with E-state index in [4.69, 9.17) is 4.74 Å². The standard InChI is InChI=1S/C8H15NO3/c1-9-4-2-8(3-5-9)12-7-11-6-10/h6,8H,2-5,7H2,1H3. The van der Waals surface area contributed by atoms with Crippen molar-refractivity contribution in [3.63, 3.8) is 0 Å². The Morgan fingerprint density at radius 1 is 1.50 bits per heavy atom. The van der Waals surface area contributed by atoms with Gasteiger partial charge in [0.05, 0.1) is 6.10 Å². The number of nitrogens with zero attached hydrogens (tertiary/aromatic N) is 1. The summed E-state index contributed by atoms with van der Waals surface area (Å²) in [5.41, 5.74) is 0. The molecule has 70 valence electrons. The highest BCUT2D eigenvalue weighted by Gasteiger charge is 2.16. The average molecular weight is 173 g/mol. The summed E-state index contributed by atoms with van der Waals surface area (Å²) < 4.78 is 9.74. The van der Waals surface area contributed by atoms with Crippen molar-refractivity contribution in [2.45, 2.75) is 18.9 Å². The molecule has 0 bridgehead atoms. The number of piperidine rings is 1. The molecule has 0 unspecified atom stereocenters. The molecule has 1 saturated heterocycles. The first-order chi connectivity index (χ1) is 5.83. The normalized spacial score (nSPS) is 20.8. The van der Waals surface area contributed by atoms with Crippen molar-refractivity contribution in [3.05, 3.63) is 0 Å². The van der Waals surface area contributed by atoms with Gasteiger partial charge in [0.2, 0.25) is 0 Å². The second-order valence-electron chi connectivity index (χ2n) is 3.05. The summed E-state index contributed by atoms with van der Waals surface area (Å²) in [6.07, 6.45) is 2.32. The molecule has 0 aromatic carbocycles. The van der Waals surface area contributed by atoms with E-state index in [1.165, 1.54) is 0 Å². The van der Waals surface area contributed by atoms with E-state index in [0.717, 1.165) is 25.9 Å². The Labute approximate surface area is 72.4 Å². The predicted molar refractivity (Wildman–Crippen MR) is 43.6 cm³/mol. The zero-order chi connectivity index (χ0) is 8.81. The summed E-state index contributed by atoms with van der Waals surface area (Å²) in [6.45, 7) is 2.63. The zero-order valence-corrected chi connectivity index (χ0v) is 7.36. The fourth-order valence-electron chi connectivity index (χ4n) is 1.31. The molecule has 12 heavy (non-hydrogen) atoms. The number of hydrogen-bond acceptors (Lipinski definition) is 4. The van der Waals surface area contributed by atoms with E-state index in [0.29, 0.717) is 6.47 Å². The molecule has 0 aromatic heterocycles. The smallest absolute Gasteiger partial charge is 0.295 e. The van der Waals surface area contributed by atoms with Crippen LogP contribution in [0.3, 0.4) is 0 Å². The summed E-state index contributed by atoms with van der Waals surface area (Å²) in [5, 5.41) is 0. The number of ether oxygens (including phenoxy) is 2. The SMILES string of the molecule is CN1CCC(OCOC=O)CC1. The van der Waals surface area contributed by atoms with Crippen LogP contribution in [-0.4, -0.2) is 44.4 Å². The molecule has 0 radical (unpaired) electrons. The summed E-state index contributed by atoms with van der Waals surface area (Å²) in [7, 11) is 2.10. The van der Waals surface area contributed by atoms with E-state index in [1.54, 1.807) is 0 Å². The van der Waals surface area contributed by atoms with Crippen LogP contribution >= 0.6 is 0 Å². The van der Waals surface area contributed by atoms with Crippen molar-refractivity contribution in [2.24, 2.45) is 0 Å². The molecular weight excluding hydrogens is 158 g/mol. The minimum Gasteiger partial charge on any atom is -0.441 e. The van der Waals surface area contributed by atoms with Gasteiger partial charge in [0.15, 0.2) is 6.79 Å². The largest absolute Gasteiger partial charge is 0.441 e. The van der Waals surface area contributed by atoms with Gasteiger partial charge in [-0.1, -0.05) is 0 Å². The third kappa shape index (κ3) is 3.19. The van der Waals surface area contributed by atoms with Gasteiger partial charge in [-0.3, -0.25) is 4.79 Å². The Bertz CT molecular complexity index is 132. The number of carbonyl (C=O) groups is 1. The fourth-order valence-corrected chi connectivity index (χ4v) is 1.31. The summed E-state index contributed by atoms with van der Waals surface area (Å²) in [5.74, 6) is 0. The first kappa shape index (κ1) is 9.48. The lowest BCUT2D eigenvalue weighted by atomic mass is 10.1. The maximum absolute atomic E-state index is 9.79. The quantitative estimate of drug-likeness (QED) is 0.346. The Hall–Kier alpha value is -0.610. The lowest BCUT2D eigenvalue weighted by Crippen LogP contribution is -2.34. The minimum absolute atomic E-state index is 0.0951. The molecule has 0 saturated carbocycles. The Kier molecular flexibility index (Phi) is 4.04. The van der Waals surface area contributed by atoms with Crippen LogP contribution in [0.25, 0.3) is 0 Å². The van der Waals surface area contributed by atoms with Crippen molar-refractivity contribution in [2.75, 3.05) is 26.9 Å². The van der Waals surface area contributed by atoms with Crippen LogP contribution in [-0.2, 0) is 14.3 Å². The molecule has 0 atom stereocenters. The van der Waals surface area contributed by atoms with Gasteiger partial charge in [-0.25, -0.2) is 0 Å². The minimum atomic E-state index is 0.0951. The van der Waals surface area contributed by atoms with E-state index in [1.807, 2.05) is 0 Å². The van der Waals surface area contributed by atoms with Gasteiger partial charge < -0.3 is 14.4 Å². The molecule has 1 aliphatic rings. The third-order valence-electron chi connectivity index (χ3n) is 2.11. The number of carbonyl (C=O) groups excluding carboxylic acids is 1. The van der Waals surface area contributed by atoms with Crippen LogP contribution in [0.4, 0.5) is 0 Å². The predicted octanol–water partition coefficient (Wildman–Crippen LogP) is 0.228. The Balaban J connectivity index is 2.05. The molecule has 4 nitrogen and oxygen atoms in total. The monoisotopic (exact) mass is 173 g/mol. The van der Waals surface area contributed by atoms with Gasteiger partial charge in [0, 0.05) is 13.1 Å². The molecule has 1 rings (SSSR count). The van der Waals surface area contributed by atoms with Gasteiger partial charge in [0.1, 0.15) is 0 Å². The van der Waals surface area contributed by atoms with Crippen LogP contribution in [0, 0.1) is 0 Å². The topological polar surface area (TPSA) is 38.8 Å². The first-order valence-corrected chi connectivity index (χ1v) is 4.18. The second-order valence-corrected chi connectivity index (χ2v) is 3.05.